The van der Waals surface area contributed by atoms with Gasteiger partial charge in [-0.1, -0.05) is 30.3 Å². The van der Waals surface area contributed by atoms with E-state index in [1.807, 2.05) is 36.4 Å². The van der Waals surface area contributed by atoms with E-state index in [0.717, 1.165) is 11.4 Å². The number of likely N-dealkylation sites (N-methyl/N-ethyl adjacent to an activating group) is 1. The Bertz CT molecular complexity index is 638. The van der Waals surface area contributed by atoms with Crippen LogP contribution in [0.25, 0.3) is 0 Å². The number of ketones is 1. The molecule has 0 saturated carbocycles. The Balaban J connectivity index is 1.98. The number of para-hydroxylation sites is 1. The third-order valence-corrected chi connectivity index (χ3v) is 3.23. The van der Waals surface area contributed by atoms with Crippen molar-refractivity contribution in [1.29, 1.82) is 0 Å². The van der Waals surface area contributed by atoms with Crippen LogP contribution in [-0.4, -0.2) is 25.3 Å². The topological polar surface area (TPSA) is 49.4 Å². The molecule has 0 heterocycles. The van der Waals surface area contributed by atoms with Gasteiger partial charge in [-0.15, -0.1) is 0 Å². The van der Waals surface area contributed by atoms with Gasteiger partial charge in [-0.2, -0.15) is 0 Å². The van der Waals surface area contributed by atoms with Crippen molar-refractivity contribution in [3.63, 3.8) is 0 Å². The van der Waals surface area contributed by atoms with Gasteiger partial charge in [-0.05, 0) is 31.2 Å². The lowest BCUT2D eigenvalue weighted by Gasteiger charge is -2.18. The molecule has 0 aliphatic rings. The van der Waals surface area contributed by atoms with Crippen LogP contribution in [0.2, 0.25) is 0 Å². The number of Topliss-reactive ketones (excluding diaryl/α,β-unsaturated/α-hetero) is 1. The first-order valence-electron chi connectivity index (χ1n) is 6.74. The molecule has 2 rings (SSSR count). The van der Waals surface area contributed by atoms with Crippen LogP contribution in [0.3, 0.4) is 0 Å². The molecule has 0 unspecified atom stereocenters. The van der Waals surface area contributed by atoms with Crippen molar-refractivity contribution in [2.45, 2.75) is 6.92 Å². The van der Waals surface area contributed by atoms with E-state index in [1.54, 1.807) is 30.1 Å². The average Bonchev–Trinajstić information content (AvgIpc) is 2.53. The maximum atomic E-state index is 12.1. The van der Waals surface area contributed by atoms with Gasteiger partial charge >= 0.3 is 0 Å². The predicted molar refractivity (Wildman–Crippen MR) is 84.8 cm³/mol. The number of carbonyl (C=O) groups is 2. The summed E-state index contributed by atoms with van der Waals surface area (Å²) in [6, 6.07) is 16.6. The van der Waals surface area contributed by atoms with Gasteiger partial charge in [-0.25, -0.2) is 0 Å². The van der Waals surface area contributed by atoms with E-state index in [-0.39, 0.29) is 18.2 Å². The van der Waals surface area contributed by atoms with Crippen LogP contribution in [-0.2, 0) is 4.79 Å². The Morgan fingerprint density at radius 3 is 2.43 bits per heavy atom. The lowest BCUT2D eigenvalue weighted by Crippen LogP contribution is -2.32. The Kier molecular flexibility index (Phi) is 4.72. The fourth-order valence-corrected chi connectivity index (χ4v) is 1.94. The lowest BCUT2D eigenvalue weighted by molar-refractivity contribution is -0.116. The zero-order valence-electron chi connectivity index (χ0n) is 12.2. The molecular formula is C17H18N2O2. The molecule has 108 valence electrons. The number of hydrogen-bond acceptors (Lipinski definition) is 3. The molecule has 2 aromatic carbocycles. The van der Waals surface area contributed by atoms with Gasteiger partial charge in [0.2, 0.25) is 5.91 Å². The van der Waals surface area contributed by atoms with Crippen LogP contribution in [0, 0.1) is 0 Å². The zero-order valence-corrected chi connectivity index (χ0v) is 12.2. The summed E-state index contributed by atoms with van der Waals surface area (Å²) in [6.07, 6.45) is 0. The van der Waals surface area contributed by atoms with E-state index in [0.29, 0.717) is 5.56 Å². The number of amides is 1. The molecular weight excluding hydrogens is 264 g/mol. The van der Waals surface area contributed by atoms with Crippen LogP contribution >= 0.6 is 0 Å². The number of hydrogen-bond donors (Lipinski definition) is 1. The van der Waals surface area contributed by atoms with Crippen LogP contribution in [0.15, 0.2) is 54.6 Å². The smallest absolute Gasteiger partial charge is 0.246 e. The van der Waals surface area contributed by atoms with Crippen molar-refractivity contribution in [3.8, 4) is 0 Å². The summed E-state index contributed by atoms with van der Waals surface area (Å²) in [7, 11) is 1.74. The summed E-state index contributed by atoms with van der Waals surface area (Å²) in [5, 5.41) is 3.05. The monoisotopic (exact) mass is 282 g/mol. The summed E-state index contributed by atoms with van der Waals surface area (Å²) in [4.78, 5) is 25.1. The molecule has 1 N–H and O–H groups in total. The van der Waals surface area contributed by atoms with Gasteiger partial charge in [-0.3, -0.25) is 9.59 Å². The molecule has 0 radical (unpaired) electrons. The van der Waals surface area contributed by atoms with Crippen LogP contribution in [0.5, 0.6) is 0 Å². The van der Waals surface area contributed by atoms with Crippen molar-refractivity contribution < 1.29 is 9.59 Å². The number of nitrogens with zero attached hydrogens (tertiary/aromatic N) is 1. The lowest BCUT2D eigenvalue weighted by atomic mass is 10.1. The maximum absolute atomic E-state index is 12.1. The summed E-state index contributed by atoms with van der Waals surface area (Å²) in [6.45, 7) is 1.69. The number of anilines is 2. The van der Waals surface area contributed by atoms with Crippen LogP contribution in [0.4, 0.5) is 11.4 Å². The second-order valence-electron chi connectivity index (χ2n) is 4.78. The quantitative estimate of drug-likeness (QED) is 0.858. The number of carbonyl (C=O) groups excluding carboxylic acids is 2. The van der Waals surface area contributed by atoms with E-state index in [2.05, 4.69) is 5.32 Å². The molecule has 0 aliphatic heterocycles. The molecule has 4 nitrogen and oxygen atoms in total. The highest BCUT2D eigenvalue weighted by Gasteiger charge is 2.10. The number of benzene rings is 2. The van der Waals surface area contributed by atoms with Gasteiger partial charge in [0, 0.05) is 24.0 Å². The minimum atomic E-state index is -0.0468. The van der Waals surface area contributed by atoms with Crippen molar-refractivity contribution >= 4 is 23.1 Å². The van der Waals surface area contributed by atoms with Gasteiger partial charge in [0.1, 0.15) is 0 Å². The molecule has 0 bridgehead atoms. The second-order valence-corrected chi connectivity index (χ2v) is 4.78. The first kappa shape index (κ1) is 14.8. The third kappa shape index (κ3) is 3.92. The van der Waals surface area contributed by atoms with E-state index in [1.165, 1.54) is 6.92 Å². The fourth-order valence-electron chi connectivity index (χ4n) is 1.94. The van der Waals surface area contributed by atoms with Crippen LogP contribution < -0.4 is 10.2 Å². The summed E-state index contributed by atoms with van der Waals surface area (Å²) in [5.74, 6) is -0.0409. The first-order chi connectivity index (χ1) is 10.1. The summed E-state index contributed by atoms with van der Waals surface area (Å²) < 4.78 is 0. The molecule has 2 aromatic rings. The highest BCUT2D eigenvalue weighted by atomic mass is 16.2. The summed E-state index contributed by atoms with van der Waals surface area (Å²) in [5.41, 5.74) is 2.24. The van der Waals surface area contributed by atoms with Crippen molar-refractivity contribution in [2.75, 3.05) is 23.8 Å². The molecule has 1 amide bonds. The van der Waals surface area contributed by atoms with Crippen molar-refractivity contribution in [3.05, 3.63) is 60.2 Å². The van der Waals surface area contributed by atoms with Gasteiger partial charge in [0.25, 0.3) is 0 Å². The first-order valence-corrected chi connectivity index (χ1v) is 6.74. The normalized spacial score (nSPS) is 10.0. The van der Waals surface area contributed by atoms with E-state index in [9.17, 15) is 9.59 Å². The molecule has 0 atom stereocenters. The number of rotatable bonds is 5. The molecule has 0 spiro atoms. The standard InChI is InChI=1S/C17H18N2O2/c1-13(20)14-7-6-8-15(11-14)18-12-17(21)19(2)16-9-4-3-5-10-16/h3-11,18H,12H2,1-2H3. The van der Waals surface area contributed by atoms with E-state index < -0.39 is 0 Å². The molecule has 0 saturated heterocycles. The fraction of sp³-hybridized carbons (Fsp3) is 0.176. The Morgan fingerprint density at radius 1 is 1.05 bits per heavy atom. The maximum Gasteiger partial charge on any atom is 0.246 e. The molecule has 0 aromatic heterocycles. The highest BCUT2D eigenvalue weighted by Crippen LogP contribution is 2.13. The van der Waals surface area contributed by atoms with Gasteiger partial charge < -0.3 is 10.2 Å². The third-order valence-electron chi connectivity index (χ3n) is 3.23. The minimum Gasteiger partial charge on any atom is -0.376 e. The van der Waals surface area contributed by atoms with Crippen molar-refractivity contribution in [1.82, 2.24) is 0 Å². The SMILES string of the molecule is CC(=O)c1cccc(NCC(=O)N(C)c2ccccc2)c1. The largest absolute Gasteiger partial charge is 0.376 e. The molecule has 0 fully saturated rings. The van der Waals surface area contributed by atoms with Gasteiger partial charge in [0.05, 0.1) is 6.54 Å². The Morgan fingerprint density at radius 2 is 1.76 bits per heavy atom. The zero-order chi connectivity index (χ0) is 15.2. The Labute approximate surface area is 124 Å². The van der Waals surface area contributed by atoms with E-state index >= 15 is 0 Å². The molecule has 21 heavy (non-hydrogen) atoms. The van der Waals surface area contributed by atoms with E-state index in [4.69, 9.17) is 0 Å². The van der Waals surface area contributed by atoms with Crippen LogP contribution in [0.1, 0.15) is 17.3 Å². The van der Waals surface area contributed by atoms with Gasteiger partial charge in [0.15, 0.2) is 5.78 Å². The number of nitrogens with one attached hydrogen (secondary N) is 1. The second kappa shape index (κ2) is 6.70. The van der Waals surface area contributed by atoms with Crippen molar-refractivity contribution in [2.24, 2.45) is 0 Å². The highest BCUT2D eigenvalue weighted by molar-refractivity contribution is 5.97. The summed E-state index contributed by atoms with van der Waals surface area (Å²) >= 11 is 0. The Hall–Kier alpha value is -2.62. The predicted octanol–water partition coefficient (Wildman–Crippen LogP) is 2.96. The molecule has 4 heteroatoms. The average molecular weight is 282 g/mol. The minimum absolute atomic E-state index is 0.00591. The molecule has 0 aliphatic carbocycles.